The molecule has 8 heteroatoms. The third-order valence-corrected chi connectivity index (χ3v) is 3.64. The normalized spacial score (nSPS) is 17.5. The lowest BCUT2D eigenvalue weighted by Crippen LogP contribution is -2.38. The van der Waals surface area contributed by atoms with E-state index in [1.807, 2.05) is 0 Å². The molecule has 1 atom stereocenters. The molecule has 1 aliphatic heterocycles. The van der Waals surface area contributed by atoms with E-state index in [2.05, 4.69) is 10.6 Å². The van der Waals surface area contributed by atoms with Crippen LogP contribution in [0.15, 0.2) is 12.1 Å². The molecule has 1 fully saturated rings. The third-order valence-electron chi connectivity index (χ3n) is 3.64. The second-order valence-corrected chi connectivity index (χ2v) is 5.30. The lowest BCUT2D eigenvalue weighted by atomic mass is 9.99. The molecule has 0 spiro atoms. The number of aryl methyl sites for hydroxylation is 1. The number of piperidine rings is 1. The third kappa shape index (κ3) is 4.38. The maximum atomic E-state index is 13.4. The summed E-state index contributed by atoms with van der Waals surface area (Å²) in [6.45, 7) is 3.63. The van der Waals surface area contributed by atoms with E-state index in [9.17, 15) is 19.3 Å². The molecule has 22 heavy (non-hydrogen) atoms. The summed E-state index contributed by atoms with van der Waals surface area (Å²) in [4.78, 5) is 22.5. The minimum Gasteiger partial charge on any atom is -0.351 e. The van der Waals surface area contributed by atoms with Gasteiger partial charge < -0.3 is 10.6 Å². The summed E-state index contributed by atoms with van der Waals surface area (Å²) < 4.78 is 13.4. The molecule has 1 saturated heterocycles. The fourth-order valence-electron chi connectivity index (χ4n) is 2.58. The van der Waals surface area contributed by atoms with E-state index in [0.717, 1.165) is 38.1 Å². The van der Waals surface area contributed by atoms with Crippen LogP contribution in [-0.4, -0.2) is 30.5 Å². The first-order valence-electron chi connectivity index (χ1n) is 6.92. The maximum absolute atomic E-state index is 13.4. The number of nitro benzene ring substituents is 1. The van der Waals surface area contributed by atoms with Gasteiger partial charge in [-0.05, 0) is 50.9 Å². The molecule has 1 aromatic carbocycles. The van der Waals surface area contributed by atoms with Crippen LogP contribution in [0.3, 0.4) is 0 Å². The second-order valence-electron chi connectivity index (χ2n) is 5.30. The zero-order valence-electron chi connectivity index (χ0n) is 12.2. The molecule has 6 nitrogen and oxygen atoms in total. The van der Waals surface area contributed by atoms with Gasteiger partial charge in [0.2, 0.25) is 0 Å². The van der Waals surface area contributed by atoms with Crippen LogP contribution in [0.2, 0.25) is 0 Å². The molecular formula is C14H19ClFN3O3. The van der Waals surface area contributed by atoms with Crippen LogP contribution >= 0.6 is 12.4 Å². The number of hydrogen-bond acceptors (Lipinski definition) is 4. The van der Waals surface area contributed by atoms with Gasteiger partial charge >= 0.3 is 0 Å². The summed E-state index contributed by atoms with van der Waals surface area (Å²) in [5.74, 6) is -0.950. The average molecular weight is 332 g/mol. The molecular weight excluding hydrogens is 313 g/mol. The zero-order valence-corrected chi connectivity index (χ0v) is 13.0. The molecule has 0 aliphatic carbocycles. The molecule has 2 rings (SSSR count). The lowest BCUT2D eigenvalue weighted by Gasteiger charge is -2.22. The van der Waals surface area contributed by atoms with Crippen molar-refractivity contribution in [2.45, 2.75) is 19.8 Å². The Labute approximate surface area is 134 Å². The van der Waals surface area contributed by atoms with E-state index in [-0.39, 0.29) is 29.2 Å². The van der Waals surface area contributed by atoms with Crippen LogP contribution in [0, 0.1) is 28.8 Å². The fraction of sp³-hybridized carbons (Fsp3) is 0.500. The van der Waals surface area contributed by atoms with Crippen molar-refractivity contribution in [1.29, 1.82) is 0 Å². The highest BCUT2D eigenvalue weighted by molar-refractivity contribution is 5.98. The van der Waals surface area contributed by atoms with Crippen molar-refractivity contribution >= 4 is 24.0 Å². The molecule has 122 valence electrons. The quantitative estimate of drug-likeness (QED) is 0.654. The SMILES string of the molecule is Cc1cc(F)cc(C(=O)NCC2CCCNC2)c1[N+](=O)[O-].Cl. The Morgan fingerprint density at radius 2 is 2.27 bits per heavy atom. The Morgan fingerprint density at radius 1 is 1.55 bits per heavy atom. The van der Waals surface area contributed by atoms with E-state index >= 15 is 0 Å². The van der Waals surface area contributed by atoms with E-state index in [4.69, 9.17) is 0 Å². The van der Waals surface area contributed by atoms with Crippen molar-refractivity contribution in [2.24, 2.45) is 5.92 Å². The summed E-state index contributed by atoms with van der Waals surface area (Å²) in [5.41, 5.74) is -0.415. The number of halogens is 2. The zero-order chi connectivity index (χ0) is 15.4. The van der Waals surface area contributed by atoms with Gasteiger partial charge in [0.15, 0.2) is 0 Å². The number of amides is 1. The molecule has 1 aliphatic rings. The number of hydrogen-bond donors (Lipinski definition) is 2. The van der Waals surface area contributed by atoms with Crippen LogP contribution in [0.4, 0.5) is 10.1 Å². The van der Waals surface area contributed by atoms with Gasteiger partial charge in [-0.1, -0.05) is 0 Å². The van der Waals surface area contributed by atoms with Crippen molar-refractivity contribution in [1.82, 2.24) is 10.6 Å². The van der Waals surface area contributed by atoms with Gasteiger partial charge in [0.25, 0.3) is 11.6 Å². The van der Waals surface area contributed by atoms with Crippen molar-refractivity contribution in [2.75, 3.05) is 19.6 Å². The molecule has 0 aromatic heterocycles. The van der Waals surface area contributed by atoms with E-state index in [1.54, 1.807) is 0 Å². The van der Waals surface area contributed by atoms with Crippen LogP contribution in [0.1, 0.15) is 28.8 Å². The van der Waals surface area contributed by atoms with Gasteiger partial charge in [0.1, 0.15) is 11.4 Å². The standard InChI is InChI=1S/C14H18FN3O3.ClH/c1-9-5-11(15)6-12(13(9)18(20)21)14(19)17-8-10-3-2-4-16-7-10;/h5-6,10,16H,2-4,7-8H2,1H3,(H,17,19);1H. The highest BCUT2D eigenvalue weighted by Gasteiger charge is 2.24. The first kappa shape index (κ1) is 18.3. The van der Waals surface area contributed by atoms with Crippen molar-refractivity contribution in [3.05, 3.63) is 39.2 Å². The molecule has 1 amide bonds. The molecule has 1 heterocycles. The molecule has 0 saturated carbocycles. The minimum absolute atomic E-state index is 0. The Hall–Kier alpha value is -1.73. The lowest BCUT2D eigenvalue weighted by molar-refractivity contribution is -0.385. The van der Waals surface area contributed by atoms with Gasteiger partial charge in [-0.3, -0.25) is 14.9 Å². The molecule has 1 unspecified atom stereocenters. The molecule has 0 bridgehead atoms. The molecule has 0 radical (unpaired) electrons. The Morgan fingerprint density at radius 3 is 2.86 bits per heavy atom. The number of carbonyl (C=O) groups is 1. The maximum Gasteiger partial charge on any atom is 0.285 e. The first-order chi connectivity index (χ1) is 9.99. The van der Waals surface area contributed by atoms with E-state index in [0.29, 0.717) is 12.5 Å². The summed E-state index contributed by atoms with van der Waals surface area (Å²) in [6, 6.07) is 1.97. The van der Waals surface area contributed by atoms with Gasteiger partial charge in [0, 0.05) is 12.1 Å². The van der Waals surface area contributed by atoms with Crippen LogP contribution in [0.25, 0.3) is 0 Å². The number of nitrogens with zero attached hydrogens (tertiary/aromatic N) is 1. The average Bonchev–Trinajstić information content (AvgIpc) is 2.44. The Kier molecular flexibility index (Phi) is 6.70. The largest absolute Gasteiger partial charge is 0.351 e. The van der Waals surface area contributed by atoms with Crippen molar-refractivity contribution < 1.29 is 14.1 Å². The van der Waals surface area contributed by atoms with Gasteiger partial charge in [-0.15, -0.1) is 12.4 Å². The predicted molar refractivity (Wildman–Crippen MR) is 83.0 cm³/mol. The molecule has 2 N–H and O–H groups in total. The summed E-state index contributed by atoms with van der Waals surface area (Å²) >= 11 is 0. The van der Waals surface area contributed by atoms with Crippen LogP contribution < -0.4 is 10.6 Å². The van der Waals surface area contributed by atoms with Gasteiger partial charge in [0.05, 0.1) is 4.92 Å². The number of carbonyl (C=O) groups excluding carboxylic acids is 1. The summed E-state index contributed by atoms with van der Waals surface area (Å²) in [6.07, 6.45) is 2.04. The fourth-order valence-corrected chi connectivity index (χ4v) is 2.58. The highest BCUT2D eigenvalue weighted by Crippen LogP contribution is 2.24. The van der Waals surface area contributed by atoms with Gasteiger partial charge in [-0.2, -0.15) is 0 Å². The van der Waals surface area contributed by atoms with Crippen LogP contribution in [0.5, 0.6) is 0 Å². The number of nitro groups is 1. The Bertz CT molecular complexity index is 563. The summed E-state index contributed by atoms with van der Waals surface area (Å²) in [5, 5.41) is 17.0. The minimum atomic E-state index is -0.650. The van der Waals surface area contributed by atoms with Gasteiger partial charge in [-0.25, -0.2) is 4.39 Å². The Balaban J connectivity index is 0.00000242. The van der Waals surface area contributed by atoms with Crippen molar-refractivity contribution in [3.63, 3.8) is 0 Å². The monoisotopic (exact) mass is 331 g/mol. The second kappa shape index (κ2) is 8.05. The number of benzene rings is 1. The number of nitrogens with one attached hydrogen (secondary N) is 2. The first-order valence-corrected chi connectivity index (χ1v) is 6.92. The topological polar surface area (TPSA) is 84.3 Å². The van der Waals surface area contributed by atoms with Crippen LogP contribution in [-0.2, 0) is 0 Å². The summed E-state index contributed by atoms with van der Waals surface area (Å²) in [7, 11) is 0. The van der Waals surface area contributed by atoms with E-state index < -0.39 is 16.6 Å². The predicted octanol–water partition coefficient (Wildman–Crippen LogP) is 2.19. The van der Waals surface area contributed by atoms with Crippen molar-refractivity contribution in [3.8, 4) is 0 Å². The highest BCUT2D eigenvalue weighted by atomic mass is 35.5. The number of rotatable bonds is 4. The smallest absolute Gasteiger partial charge is 0.285 e. The molecule has 1 aromatic rings. The van der Waals surface area contributed by atoms with E-state index in [1.165, 1.54) is 6.92 Å².